The van der Waals surface area contributed by atoms with Gasteiger partial charge in [0, 0.05) is 12.0 Å². The zero-order valence-corrected chi connectivity index (χ0v) is 16.4. The minimum absolute atomic E-state index is 0.132. The second-order valence-corrected chi connectivity index (χ2v) is 7.60. The van der Waals surface area contributed by atoms with Crippen molar-refractivity contribution in [2.24, 2.45) is 5.10 Å². The molecule has 0 N–H and O–H groups in total. The Hall–Kier alpha value is -3.66. The first-order valence-electron chi connectivity index (χ1n) is 9.18. The van der Waals surface area contributed by atoms with Gasteiger partial charge in [-0.2, -0.15) is 9.90 Å². The molecule has 30 heavy (non-hydrogen) atoms. The second kappa shape index (κ2) is 7.64. The van der Waals surface area contributed by atoms with Crippen molar-refractivity contribution in [1.82, 2.24) is 25.2 Å². The number of nitrogens with zero attached hydrogens (tertiary/aromatic N) is 6. The van der Waals surface area contributed by atoms with Crippen LogP contribution < -0.4 is 0 Å². The largest absolute Gasteiger partial charge is 0.467 e. The van der Waals surface area contributed by atoms with Crippen molar-refractivity contribution >= 4 is 23.0 Å². The number of halogens is 1. The summed E-state index contributed by atoms with van der Waals surface area (Å²) in [6.07, 6.45) is 2.14. The molecule has 10 heteroatoms. The fourth-order valence-electron chi connectivity index (χ4n) is 3.25. The van der Waals surface area contributed by atoms with Gasteiger partial charge in [0.15, 0.2) is 0 Å². The van der Waals surface area contributed by atoms with Crippen molar-refractivity contribution in [2.75, 3.05) is 0 Å². The minimum atomic E-state index is -0.348. The number of carbonyl (C=O) groups is 1. The van der Waals surface area contributed by atoms with Gasteiger partial charge in [-0.1, -0.05) is 6.07 Å². The van der Waals surface area contributed by atoms with Crippen molar-refractivity contribution in [3.8, 4) is 11.4 Å². The zero-order chi connectivity index (χ0) is 20.5. The van der Waals surface area contributed by atoms with Crippen LogP contribution in [0.2, 0.25) is 0 Å². The monoisotopic (exact) mass is 422 g/mol. The van der Waals surface area contributed by atoms with E-state index in [2.05, 4.69) is 20.5 Å². The number of thiophene rings is 1. The van der Waals surface area contributed by atoms with E-state index in [1.165, 1.54) is 21.9 Å². The number of furan rings is 1. The average molecular weight is 422 g/mol. The van der Waals surface area contributed by atoms with Crippen LogP contribution in [-0.4, -0.2) is 36.8 Å². The summed E-state index contributed by atoms with van der Waals surface area (Å²) in [7, 11) is 0. The molecule has 0 fully saturated rings. The highest BCUT2D eigenvalue weighted by molar-refractivity contribution is 7.12. The van der Waals surface area contributed by atoms with Gasteiger partial charge in [-0.15, -0.1) is 21.5 Å². The molecule has 1 aromatic carbocycles. The lowest BCUT2D eigenvalue weighted by Gasteiger charge is -2.19. The highest BCUT2D eigenvalue weighted by Gasteiger charge is 2.35. The highest BCUT2D eigenvalue weighted by Crippen LogP contribution is 2.34. The summed E-state index contributed by atoms with van der Waals surface area (Å²) in [5.74, 6) is 0.344. The van der Waals surface area contributed by atoms with Gasteiger partial charge in [0.25, 0.3) is 5.91 Å². The number of tetrazole rings is 1. The Balaban J connectivity index is 1.38. The topological polar surface area (TPSA) is 89.4 Å². The molecule has 4 heterocycles. The van der Waals surface area contributed by atoms with Gasteiger partial charge >= 0.3 is 0 Å². The average Bonchev–Trinajstić information content (AvgIpc) is 3.55. The van der Waals surface area contributed by atoms with E-state index in [9.17, 15) is 9.18 Å². The van der Waals surface area contributed by atoms with E-state index in [4.69, 9.17) is 4.42 Å². The molecule has 5 rings (SSSR count). The van der Waals surface area contributed by atoms with Crippen LogP contribution in [0, 0.1) is 5.82 Å². The minimum Gasteiger partial charge on any atom is -0.467 e. The summed E-state index contributed by atoms with van der Waals surface area (Å²) in [4.78, 5) is 15.2. The number of hydrogen-bond donors (Lipinski definition) is 0. The second-order valence-electron chi connectivity index (χ2n) is 6.65. The molecule has 0 unspecified atom stereocenters. The van der Waals surface area contributed by atoms with Crippen LogP contribution in [0.15, 0.2) is 69.7 Å². The zero-order valence-electron chi connectivity index (χ0n) is 15.6. The summed E-state index contributed by atoms with van der Waals surface area (Å²) in [5, 5.41) is 20.1. The van der Waals surface area contributed by atoms with E-state index in [0.717, 1.165) is 10.6 Å². The number of benzene rings is 1. The lowest BCUT2D eigenvalue weighted by atomic mass is 10.1. The van der Waals surface area contributed by atoms with E-state index >= 15 is 0 Å². The number of amides is 1. The van der Waals surface area contributed by atoms with Crippen LogP contribution in [0.1, 0.15) is 23.1 Å². The van der Waals surface area contributed by atoms with Crippen LogP contribution in [-0.2, 0) is 11.3 Å². The Bertz CT molecular complexity index is 1180. The summed E-state index contributed by atoms with van der Waals surface area (Å²) < 4.78 is 18.6. The third-order valence-electron chi connectivity index (χ3n) is 4.68. The number of carbonyl (C=O) groups excluding carboxylic acids is 1. The molecule has 8 nitrogen and oxygen atoms in total. The van der Waals surface area contributed by atoms with Crippen LogP contribution in [0.3, 0.4) is 0 Å². The number of hydrogen-bond acceptors (Lipinski definition) is 7. The standard InChI is InChI=1S/C20H15FN6O2S/c21-14-7-5-13(6-8-14)20-22-25-26(24-20)12-19(28)27-16(17-3-1-9-29-17)11-15(23-27)18-4-2-10-30-18/h1-10,16H,11-12H2/t16-/m1/s1. The van der Waals surface area contributed by atoms with Crippen molar-refractivity contribution in [3.63, 3.8) is 0 Å². The molecule has 3 aromatic heterocycles. The molecule has 1 amide bonds. The summed E-state index contributed by atoms with van der Waals surface area (Å²) >= 11 is 1.57. The smallest absolute Gasteiger partial charge is 0.267 e. The van der Waals surface area contributed by atoms with Crippen LogP contribution >= 0.6 is 11.3 Å². The third kappa shape index (κ3) is 3.52. The summed E-state index contributed by atoms with van der Waals surface area (Å²) in [5.41, 5.74) is 1.45. The van der Waals surface area contributed by atoms with Crippen molar-refractivity contribution in [2.45, 2.75) is 19.0 Å². The molecule has 0 aliphatic carbocycles. The van der Waals surface area contributed by atoms with E-state index in [1.807, 2.05) is 23.6 Å². The summed E-state index contributed by atoms with van der Waals surface area (Å²) in [6, 6.07) is 13.0. The van der Waals surface area contributed by atoms with Gasteiger partial charge in [-0.05, 0) is 53.1 Å². The van der Waals surface area contributed by atoms with Gasteiger partial charge in [0.05, 0.1) is 16.9 Å². The van der Waals surface area contributed by atoms with Crippen LogP contribution in [0.25, 0.3) is 11.4 Å². The fourth-order valence-corrected chi connectivity index (χ4v) is 3.97. The lowest BCUT2D eigenvalue weighted by molar-refractivity contribution is -0.134. The van der Waals surface area contributed by atoms with E-state index < -0.39 is 0 Å². The first kappa shape index (κ1) is 18.4. The van der Waals surface area contributed by atoms with Gasteiger partial charge in [0.2, 0.25) is 5.82 Å². The quantitative estimate of drug-likeness (QED) is 0.491. The normalized spacial score (nSPS) is 16.1. The summed E-state index contributed by atoms with van der Waals surface area (Å²) in [6.45, 7) is -0.132. The van der Waals surface area contributed by atoms with Gasteiger partial charge in [-0.25, -0.2) is 9.40 Å². The molecule has 0 saturated heterocycles. The van der Waals surface area contributed by atoms with E-state index in [-0.39, 0.29) is 24.3 Å². The molecule has 4 aromatic rings. The van der Waals surface area contributed by atoms with Gasteiger partial charge in [-0.3, -0.25) is 4.79 Å². The molecule has 0 bridgehead atoms. The number of rotatable bonds is 5. The predicted octanol–water partition coefficient (Wildman–Crippen LogP) is 3.51. The maximum absolute atomic E-state index is 13.1. The molecular formula is C20H15FN6O2S. The van der Waals surface area contributed by atoms with Crippen molar-refractivity contribution in [3.05, 3.63) is 76.6 Å². The Labute approximate surface area is 174 Å². The SMILES string of the molecule is O=C(Cn1nnc(-c2ccc(F)cc2)n1)N1N=C(c2cccs2)C[C@@H]1c1ccco1. The number of hydrazone groups is 1. The maximum Gasteiger partial charge on any atom is 0.267 e. The Morgan fingerprint density at radius 2 is 2.07 bits per heavy atom. The first-order chi connectivity index (χ1) is 14.7. The van der Waals surface area contributed by atoms with Gasteiger partial charge in [0.1, 0.15) is 24.2 Å². The fraction of sp³-hybridized carbons (Fsp3) is 0.150. The Morgan fingerprint density at radius 3 is 2.80 bits per heavy atom. The Kier molecular flexibility index (Phi) is 4.68. The Morgan fingerprint density at radius 1 is 1.20 bits per heavy atom. The van der Waals surface area contributed by atoms with Crippen molar-refractivity contribution in [1.29, 1.82) is 0 Å². The highest BCUT2D eigenvalue weighted by atomic mass is 32.1. The molecular weight excluding hydrogens is 407 g/mol. The number of aromatic nitrogens is 4. The molecule has 1 aliphatic rings. The lowest BCUT2D eigenvalue weighted by Crippen LogP contribution is -2.31. The molecule has 1 atom stereocenters. The molecule has 0 radical (unpaired) electrons. The molecule has 0 saturated carbocycles. The molecule has 1 aliphatic heterocycles. The van der Waals surface area contributed by atoms with E-state index in [0.29, 0.717) is 23.6 Å². The van der Waals surface area contributed by atoms with Crippen LogP contribution in [0.4, 0.5) is 4.39 Å². The third-order valence-corrected chi connectivity index (χ3v) is 5.59. The van der Waals surface area contributed by atoms with Crippen molar-refractivity contribution < 1.29 is 13.6 Å². The first-order valence-corrected chi connectivity index (χ1v) is 10.1. The molecule has 150 valence electrons. The maximum atomic E-state index is 13.1. The van der Waals surface area contributed by atoms with Crippen LogP contribution in [0.5, 0.6) is 0 Å². The molecule has 0 spiro atoms. The van der Waals surface area contributed by atoms with Gasteiger partial charge < -0.3 is 4.42 Å². The van der Waals surface area contributed by atoms with E-state index in [1.54, 1.807) is 35.8 Å². The predicted molar refractivity (Wildman–Crippen MR) is 107 cm³/mol.